The standard InChI is InChI=1S/C31H43N3O3S/c35-28-10-7-11-29(36)34(28)33-20-26-25(30(33)37)8-6-9-27(26)38-13-5-3-1-2-4-12-32-21-31-17-22-14-23(18-31)16-24(15-22)19-31/h6,8-9,22-24,32H,1-5,7,10-21H2. The second-order valence-electron chi connectivity index (χ2n) is 12.8. The molecule has 1 saturated heterocycles. The van der Waals surface area contributed by atoms with E-state index in [1.54, 1.807) is 11.8 Å². The molecule has 5 fully saturated rings. The van der Waals surface area contributed by atoms with Gasteiger partial charge in [-0.15, -0.1) is 11.8 Å². The molecule has 206 valence electrons. The zero-order valence-corrected chi connectivity index (χ0v) is 23.5. The molecule has 0 unspecified atom stereocenters. The summed E-state index contributed by atoms with van der Waals surface area (Å²) in [5.41, 5.74) is 2.23. The lowest BCUT2D eigenvalue weighted by atomic mass is 9.49. The van der Waals surface area contributed by atoms with Gasteiger partial charge in [-0.3, -0.25) is 14.4 Å². The lowest BCUT2D eigenvalue weighted by molar-refractivity contribution is -0.163. The summed E-state index contributed by atoms with van der Waals surface area (Å²) in [4.78, 5) is 38.8. The number of nitrogens with zero attached hydrogens (tertiary/aromatic N) is 2. The number of hydrogen-bond acceptors (Lipinski definition) is 5. The van der Waals surface area contributed by atoms with Crippen LogP contribution in [0, 0.1) is 23.2 Å². The van der Waals surface area contributed by atoms with E-state index in [0.29, 0.717) is 36.8 Å². The summed E-state index contributed by atoms with van der Waals surface area (Å²) in [5, 5.41) is 6.30. The molecule has 0 spiro atoms. The molecule has 4 bridgehead atoms. The number of nitrogens with one attached hydrogen (secondary N) is 1. The van der Waals surface area contributed by atoms with E-state index in [0.717, 1.165) is 45.4 Å². The van der Waals surface area contributed by atoms with Crippen LogP contribution in [0.3, 0.4) is 0 Å². The average Bonchev–Trinajstić information content (AvgIpc) is 3.21. The minimum atomic E-state index is -0.264. The first kappa shape index (κ1) is 26.4. The highest BCUT2D eigenvalue weighted by molar-refractivity contribution is 7.99. The highest BCUT2D eigenvalue weighted by Crippen LogP contribution is 2.59. The van der Waals surface area contributed by atoms with Crippen LogP contribution in [0.15, 0.2) is 23.1 Å². The minimum Gasteiger partial charge on any atom is -0.316 e. The molecule has 7 heteroatoms. The monoisotopic (exact) mass is 537 g/mol. The Morgan fingerprint density at radius 1 is 0.868 bits per heavy atom. The van der Waals surface area contributed by atoms with Crippen molar-refractivity contribution in [3.05, 3.63) is 29.3 Å². The number of rotatable bonds is 12. The second kappa shape index (κ2) is 11.3. The molecule has 0 atom stereocenters. The average molecular weight is 538 g/mol. The molecule has 2 heterocycles. The van der Waals surface area contributed by atoms with Gasteiger partial charge in [0.25, 0.3) is 5.91 Å². The zero-order valence-electron chi connectivity index (χ0n) is 22.7. The highest BCUT2D eigenvalue weighted by atomic mass is 32.2. The molecule has 2 aliphatic heterocycles. The predicted molar refractivity (Wildman–Crippen MR) is 149 cm³/mol. The normalized spacial score (nSPS) is 30.0. The van der Waals surface area contributed by atoms with Crippen molar-refractivity contribution in [2.45, 2.75) is 101 Å². The van der Waals surface area contributed by atoms with Gasteiger partial charge < -0.3 is 5.32 Å². The van der Waals surface area contributed by atoms with Crippen molar-refractivity contribution < 1.29 is 14.4 Å². The molecular formula is C31H43N3O3S. The molecule has 1 aromatic rings. The Labute approximate surface area is 231 Å². The summed E-state index contributed by atoms with van der Waals surface area (Å²) in [6.07, 6.45) is 16.5. The Bertz CT molecular complexity index is 1020. The van der Waals surface area contributed by atoms with E-state index in [-0.39, 0.29) is 17.7 Å². The SMILES string of the molecule is O=C1c2cccc(SCCCCCCCNCC34CC5CC(CC(C5)C3)C4)c2CN1N1C(=O)CCCC1=O. The summed E-state index contributed by atoms with van der Waals surface area (Å²) in [6.45, 7) is 2.73. The van der Waals surface area contributed by atoms with E-state index in [1.165, 1.54) is 82.3 Å². The summed E-state index contributed by atoms with van der Waals surface area (Å²) >= 11 is 1.80. The number of thioether (sulfide) groups is 1. The third-order valence-corrected chi connectivity index (χ3v) is 11.0. The largest absolute Gasteiger partial charge is 0.316 e. The molecule has 1 N–H and O–H groups in total. The van der Waals surface area contributed by atoms with Crippen molar-refractivity contribution >= 4 is 29.5 Å². The fourth-order valence-corrected chi connectivity index (χ4v) is 9.61. The predicted octanol–water partition coefficient (Wildman–Crippen LogP) is 5.95. The first-order valence-electron chi connectivity index (χ1n) is 15.1. The molecular weight excluding hydrogens is 494 g/mol. The van der Waals surface area contributed by atoms with Gasteiger partial charge in [0.1, 0.15) is 0 Å². The maximum absolute atomic E-state index is 13.0. The van der Waals surface area contributed by atoms with Crippen molar-refractivity contribution in [1.29, 1.82) is 0 Å². The van der Waals surface area contributed by atoms with Crippen LogP contribution < -0.4 is 5.32 Å². The molecule has 0 radical (unpaired) electrons. The molecule has 6 aliphatic rings. The van der Waals surface area contributed by atoms with Gasteiger partial charge in [-0.1, -0.05) is 25.3 Å². The van der Waals surface area contributed by atoms with Gasteiger partial charge in [0.2, 0.25) is 11.8 Å². The van der Waals surface area contributed by atoms with Gasteiger partial charge in [0, 0.05) is 35.4 Å². The number of carbonyl (C=O) groups is 3. The lowest BCUT2D eigenvalue weighted by Gasteiger charge is -2.57. The fraction of sp³-hybridized carbons (Fsp3) is 0.710. The first-order valence-corrected chi connectivity index (χ1v) is 16.1. The van der Waals surface area contributed by atoms with Crippen LogP contribution >= 0.6 is 11.8 Å². The number of imide groups is 1. The molecule has 4 aliphatic carbocycles. The van der Waals surface area contributed by atoms with Gasteiger partial charge in [0.15, 0.2) is 0 Å². The Hall–Kier alpha value is -1.86. The van der Waals surface area contributed by atoms with Crippen molar-refractivity contribution in [3.8, 4) is 0 Å². The highest BCUT2D eigenvalue weighted by Gasteiger charge is 2.50. The number of amides is 3. The number of hydrogen-bond donors (Lipinski definition) is 1. The summed E-state index contributed by atoms with van der Waals surface area (Å²) < 4.78 is 0. The molecule has 38 heavy (non-hydrogen) atoms. The van der Waals surface area contributed by atoms with Crippen molar-refractivity contribution in [2.24, 2.45) is 23.2 Å². The van der Waals surface area contributed by atoms with Crippen LogP contribution in [0.4, 0.5) is 0 Å². The van der Waals surface area contributed by atoms with Crippen LogP contribution in [0.25, 0.3) is 0 Å². The third kappa shape index (κ3) is 5.42. The van der Waals surface area contributed by atoms with Crippen LogP contribution in [0.5, 0.6) is 0 Å². The summed E-state index contributed by atoms with van der Waals surface area (Å²) in [6, 6.07) is 5.80. The van der Waals surface area contributed by atoms with Crippen LogP contribution in [0.1, 0.15) is 106 Å². The first-order chi connectivity index (χ1) is 18.5. The van der Waals surface area contributed by atoms with Crippen LogP contribution in [0.2, 0.25) is 0 Å². The Morgan fingerprint density at radius 2 is 1.53 bits per heavy atom. The van der Waals surface area contributed by atoms with E-state index in [9.17, 15) is 14.4 Å². The molecule has 6 nitrogen and oxygen atoms in total. The Kier molecular flexibility index (Phi) is 7.86. The van der Waals surface area contributed by atoms with Crippen molar-refractivity contribution in [2.75, 3.05) is 18.8 Å². The maximum Gasteiger partial charge on any atom is 0.273 e. The Morgan fingerprint density at radius 3 is 2.24 bits per heavy atom. The van der Waals surface area contributed by atoms with Gasteiger partial charge in [-0.25, -0.2) is 5.01 Å². The fourth-order valence-electron chi connectivity index (χ4n) is 8.52. The number of unbranched alkanes of at least 4 members (excludes halogenated alkanes) is 4. The van der Waals surface area contributed by atoms with Gasteiger partial charge in [0.05, 0.1) is 6.54 Å². The van der Waals surface area contributed by atoms with Gasteiger partial charge in [-0.2, -0.15) is 5.01 Å². The topological polar surface area (TPSA) is 69.7 Å². The van der Waals surface area contributed by atoms with E-state index in [2.05, 4.69) is 11.4 Å². The van der Waals surface area contributed by atoms with E-state index in [4.69, 9.17) is 0 Å². The van der Waals surface area contributed by atoms with Crippen molar-refractivity contribution in [1.82, 2.24) is 15.3 Å². The molecule has 0 aromatic heterocycles. The number of fused-ring (bicyclic) bond motifs is 1. The summed E-state index contributed by atoms with van der Waals surface area (Å²) in [5.74, 6) is 3.39. The zero-order chi connectivity index (χ0) is 26.1. The van der Waals surface area contributed by atoms with E-state index >= 15 is 0 Å². The van der Waals surface area contributed by atoms with Crippen molar-refractivity contribution in [3.63, 3.8) is 0 Å². The number of carbonyl (C=O) groups excluding carboxylic acids is 3. The lowest BCUT2D eigenvalue weighted by Crippen LogP contribution is -2.52. The second-order valence-corrected chi connectivity index (χ2v) is 13.9. The number of benzene rings is 1. The molecule has 3 amide bonds. The molecule has 7 rings (SSSR count). The van der Waals surface area contributed by atoms with Crippen LogP contribution in [-0.4, -0.2) is 46.6 Å². The Balaban J connectivity index is 0.877. The minimum absolute atomic E-state index is 0.233. The summed E-state index contributed by atoms with van der Waals surface area (Å²) in [7, 11) is 0. The van der Waals surface area contributed by atoms with Gasteiger partial charge >= 0.3 is 0 Å². The van der Waals surface area contributed by atoms with Crippen LogP contribution in [-0.2, 0) is 16.1 Å². The van der Waals surface area contributed by atoms with E-state index < -0.39 is 0 Å². The van der Waals surface area contributed by atoms with Gasteiger partial charge in [-0.05, 0) is 105 Å². The number of hydrazine groups is 1. The number of piperidine rings is 1. The quantitative estimate of drug-likeness (QED) is 0.203. The third-order valence-electron chi connectivity index (χ3n) is 9.82. The van der Waals surface area contributed by atoms with E-state index in [1.807, 2.05) is 12.1 Å². The molecule has 1 aromatic carbocycles. The maximum atomic E-state index is 13.0. The molecule has 4 saturated carbocycles. The smallest absolute Gasteiger partial charge is 0.273 e.